The van der Waals surface area contributed by atoms with Crippen LogP contribution in [0.2, 0.25) is 0 Å². The van der Waals surface area contributed by atoms with E-state index in [9.17, 15) is 74.9 Å². The molecule has 25 heteroatoms. The van der Waals surface area contributed by atoms with Gasteiger partial charge < -0.3 is 89.1 Å². The molecule has 3 rings (SSSR count). The van der Waals surface area contributed by atoms with Crippen molar-refractivity contribution in [3.05, 3.63) is 0 Å². The Kier molecular flexibility index (Phi) is 51.0. The first kappa shape index (κ1) is 91.2. The highest BCUT2D eigenvalue weighted by Crippen LogP contribution is 2.49. The Bertz CT molecular complexity index is 2060. The molecule has 1 aliphatic carbocycles. The van der Waals surface area contributed by atoms with E-state index in [2.05, 4.69) is 27.7 Å². The second-order valence-electron chi connectivity index (χ2n) is 28.7. The molecule has 24 nitrogen and oxygen atoms in total. The van der Waals surface area contributed by atoms with Gasteiger partial charge in [-0.2, -0.15) is 0 Å². The molecule has 19 atom stereocenters. The average Bonchev–Trinajstić information content (AvgIpc) is 0.761. The number of hydrogen-bond acceptors (Lipinski definition) is 23. The van der Waals surface area contributed by atoms with E-state index < -0.39 is 156 Å². The SMILES string of the molecule is CCCCCCCCCCCCCCCCCC(=O)OC(COC(=O)CCCCCCCCCCCCCCC)COP(=O)(O)OC1C(OC2OC(CO)C(O)C(O)C2O)C(O)C(O)C(O)C1OC1OC(COC(=O)CCCCCCCCC(C)CCCCCCCC)C(O)C(O)C1O. The van der Waals surface area contributed by atoms with Crippen molar-refractivity contribution in [2.75, 3.05) is 26.4 Å². The zero-order valence-electron chi connectivity index (χ0n) is 61.2. The van der Waals surface area contributed by atoms with Gasteiger partial charge in [0.05, 0.1) is 13.2 Å². The number of rotatable bonds is 61. The molecule has 0 aromatic carbocycles. The summed E-state index contributed by atoms with van der Waals surface area (Å²) in [5.74, 6) is -1.28. The zero-order valence-corrected chi connectivity index (χ0v) is 62.1. The van der Waals surface area contributed by atoms with Gasteiger partial charge in [-0.15, -0.1) is 0 Å². The van der Waals surface area contributed by atoms with E-state index >= 15 is 0 Å². The molecule has 2 aliphatic heterocycles. The lowest BCUT2D eigenvalue weighted by molar-refractivity contribution is -0.360. The minimum Gasteiger partial charge on any atom is -0.463 e. The summed E-state index contributed by atoms with van der Waals surface area (Å²) in [4.78, 5) is 51.1. The molecule has 11 N–H and O–H groups in total. The molecule has 0 bridgehead atoms. The first-order valence-electron chi connectivity index (χ1n) is 39.2. The van der Waals surface area contributed by atoms with E-state index in [0.717, 1.165) is 89.9 Å². The van der Waals surface area contributed by atoms with Crippen LogP contribution in [-0.4, -0.2) is 204 Å². The van der Waals surface area contributed by atoms with Crippen LogP contribution >= 0.6 is 7.82 Å². The fourth-order valence-electron chi connectivity index (χ4n) is 13.3. The van der Waals surface area contributed by atoms with Gasteiger partial charge in [0.15, 0.2) is 18.7 Å². The number of unbranched alkanes of at least 4 members (excludes halogenated alkanes) is 36. The molecule has 0 radical (unpaired) electrons. The van der Waals surface area contributed by atoms with Gasteiger partial charge >= 0.3 is 25.7 Å². The number of phosphoric acid groups is 1. The molecular weight excluding hydrogens is 1300 g/mol. The fourth-order valence-corrected chi connectivity index (χ4v) is 14.3. The molecule has 2 saturated heterocycles. The fraction of sp³-hybridized carbons (Fsp3) is 0.959. The van der Waals surface area contributed by atoms with Crippen LogP contribution in [0.15, 0.2) is 0 Å². The average molecular weight is 1440 g/mol. The number of aliphatic hydroxyl groups excluding tert-OH is 10. The Hall–Kier alpha value is -2.04. The van der Waals surface area contributed by atoms with E-state index in [4.69, 9.17) is 42.2 Å². The predicted octanol–water partition coefficient (Wildman–Crippen LogP) is 11.2. The lowest BCUT2D eigenvalue weighted by Crippen LogP contribution is -2.69. The van der Waals surface area contributed by atoms with Gasteiger partial charge in [-0.3, -0.25) is 23.4 Å². The predicted molar refractivity (Wildman–Crippen MR) is 375 cm³/mol. The third-order valence-electron chi connectivity index (χ3n) is 19.8. The van der Waals surface area contributed by atoms with Gasteiger partial charge in [0.1, 0.15) is 98.7 Å². The van der Waals surface area contributed by atoms with Crippen LogP contribution in [0.3, 0.4) is 0 Å². The second kappa shape index (κ2) is 55.4. The summed E-state index contributed by atoms with van der Waals surface area (Å²) in [5, 5.41) is 110. The number of hydrogen-bond donors (Lipinski definition) is 11. The lowest BCUT2D eigenvalue weighted by atomic mass is 9.84. The van der Waals surface area contributed by atoms with E-state index in [1.54, 1.807) is 0 Å². The summed E-state index contributed by atoms with van der Waals surface area (Å²) in [5.41, 5.74) is 0. The normalized spacial score (nSPS) is 27.7. The molecule has 0 amide bonds. The molecule has 99 heavy (non-hydrogen) atoms. The van der Waals surface area contributed by atoms with E-state index in [-0.39, 0.29) is 19.3 Å². The monoisotopic (exact) mass is 1440 g/mol. The van der Waals surface area contributed by atoms with E-state index in [1.165, 1.54) is 161 Å². The summed E-state index contributed by atoms with van der Waals surface area (Å²) in [6.45, 7) is 5.80. The van der Waals surface area contributed by atoms with Crippen LogP contribution in [0, 0.1) is 5.92 Å². The summed E-state index contributed by atoms with van der Waals surface area (Å²) in [6.07, 6.45) is 11.6. The first-order chi connectivity index (χ1) is 47.7. The van der Waals surface area contributed by atoms with Crippen molar-refractivity contribution < 1.29 is 117 Å². The Morgan fingerprint density at radius 3 is 1.09 bits per heavy atom. The third-order valence-corrected chi connectivity index (χ3v) is 20.8. The highest BCUT2D eigenvalue weighted by Gasteiger charge is 2.58. The number of carbonyl (C=O) groups excluding carboxylic acids is 3. The maximum absolute atomic E-state index is 14.3. The van der Waals surface area contributed by atoms with Gasteiger partial charge in [-0.25, -0.2) is 4.57 Å². The van der Waals surface area contributed by atoms with Gasteiger partial charge in [0.25, 0.3) is 0 Å². The van der Waals surface area contributed by atoms with Gasteiger partial charge in [0, 0.05) is 19.3 Å². The lowest BCUT2D eigenvalue weighted by Gasteiger charge is -2.49. The Morgan fingerprint density at radius 1 is 0.384 bits per heavy atom. The number of ether oxygens (including phenoxy) is 7. The van der Waals surface area contributed by atoms with Crippen LogP contribution in [0.4, 0.5) is 0 Å². The van der Waals surface area contributed by atoms with E-state index in [1.807, 2.05) is 0 Å². The molecule has 19 unspecified atom stereocenters. The van der Waals surface area contributed by atoms with Crippen molar-refractivity contribution in [1.29, 1.82) is 0 Å². The van der Waals surface area contributed by atoms with Crippen LogP contribution < -0.4 is 0 Å². The van der Waals surface area contributed by atoms with Crippen molar-refractivity contribution in [1.82, 2.24) is 0 Å². The molecule has 0 aromatic rings. The molecule has 1 saturated carbocycles. The van der Waals surface area contributed by atoms with Crippen molar-refractivity contribution in [2.24, 2.45) is 5.92 Å². The Morgan fingerprint density at radius 2 is 0.707 bits per heavy atom. The topological polar surface area (TPSA) is 374 Å². The minimum absolute atomic E-state index is 0.0310. The number of aliphatic hydroxyl groups is 10. The van der Waals surface area contributed by atoms with Crippen LogP contribution in [0.1, 0.15) is 317 Å². The number of carbonyl (C=O) groups is 3. The minimum atomic E-state index is -5.69. The standard InChI is InChI=1S/C74H139O24P/c1-5-8-11-14-17-19-21-23-24-26-28-30-32-39-44-49-60(78)93-55(51-90-58(76)47-42-37-31-29-27-25-22-20-18-15-12-9-6-2)52-92-99(88,89)98-72-70(96-73-68(86)63(81)61(79)56(50-75)94-73)66(84)65(83)67(85)71(72)97-74-69(87)64(82)62(80)57(95-74)53-91-59(77)48-43-38-34-33-36-41-46-54(4)45-40-35-16-13-10-7-3/h54-57,61-75,79-87H,5-53H2,1-4H3,(H,88,89). The summed E-state index contributed by atoms with van der Waals surface area (Å²) >= 11 is 0. The highest BCUT2D eigenvalue weighted by molar-refractivity contribution is 7.47. The van der Waals surface area contributed by atoms with Gasteiger partial charge in [-0.1, -0.05) is 278 Å². The van der Waals surface area contributed by atoms with E-state index in [0.29, 0.717) is 25.2 Å². The smallest absolute Gasteiger partial charge is 0.463 e. The quantitative estimate of drug-likeness (QED) is 0.0117. The maximum atomic E-state index is 14.3. The molecule has 584 valence electrons. The molecule has 0 aromatic heterocycles. The Balaban J connectivity index is 1.72. The highest BCUT2D eigenvalue weighted by atomic mass is 31.2. The largest absolute Gasteiger partial charge is 0.472 e. The second-order valence-corrected chi connectivity index (χ2v) is 30.1. The molecule has 0 spiro atoms. The Labute approximate surface area is 593 Å². The van der Waals surface area contributed by atoms with Crippen LogP contribution in [0.5, 0.6) is 0 Å². The number of phosphoric ester groups is 1. The van der Waals surface area contributed by atoms with Crippen LogP contribution in [0.25, 0.3) is 0 Å². The number of esters is 3. The van der Waals surface area contributed by atoms with Crippen LogP contribution in [-0.2, 0) is 61.2 Å². The van der Waals surface area contributed by atoms with Crippen molar-refractivity contribution in [2.45, 2.75) is 421 Å². The molecule has 3 aliphatic rings. The molecule has 3 fully saturated rings. The van der Waals surface area contributed by atoms with Crippen molar-refractivity contribution >= 4 is 25.7 Å². The van der Waals surface area contributed by atoms with Gasteiger partial charge in [-0.05, 0) is 25.2 Å². The first-order valence-corrected chi connectivity index (χ1v) is 40.7. The summed E-state index contributed by atoms with van der Waals surface area (Å²) < 4.78 is 65.1. The maximum Gasteiger partial charge on any atom is 0.472 e. The molecule has 2 heterocycles. The molecular formula is C74H139O24P. The zero-order chi connectivity index (χ0) is 72.6. The van der Waals surface area contributed by atoms with Gasteiger partial charge in [0.2, 0.25) is 0 Å². The van der Waals surface area contributed by atoms with Crippen molar-refractivity contribution in [3.8, 4) is 0 Å². The summed E-state index contributed by atoms with van der Waals surface area (Å²) in [6, 6.07) is 0. The van der Waals surface area contributed by atoms with Crippen molar-refractivity contribution in [3.63, 3.8) is 0 Å². The third kappa shape index (κ3) is 38.7. The summed E-state index contributed by atoms with van der Waals surface area (Å²) in [7, 11) is -5.69.